The summed E-state index contributed by atoms with van der Waals surface area (Å²) in [6, 6.07) is 11.5. The van der Waals surface area contributed by atoms with Crippen LogP contribution in [0.1, 0.15) is 37.8 Å². The van der Waals surface area contributed by atoms with Crippen LogP contribution in [0.25, 0.3) is 0 Å². The largest absolute Gasteiger partial charge is 0.497 e. The number of ether oxygens (including phenoxy) is 1. The summed E-state index contributed by atoms with van der Waals surface area (Å²) in [6.45, 7) is 7.59. The molecular formula is C21H28N2O4S. The van der Waals surface area contributed by atoms with Crippen molar-refractivity contribution in [3.8, 4) is 5.75 Å². The maximum absolute atomic E-state index is 13.0. The molecule has 0 aliphatic carbocycles. The molecule has 152 valence electrons. The molecule has 2 rings (SSSR count). The van der Waals surface area contributed by atoms with Crippen LogP contribution in [-0.4, -0.2) is 33.7 Å². The van der Waals surface area contributed by atoms with Crippen molar-refractivity contribution in [3.05, 3.63) is 53.6 Å². The quantitative estimate of drug-likeness (QED) is 0.759. The molecule has 0 heterocycles. The molecule has 0 radical (unpaired) electrons. The summed E-state index contributed by atoms with van der Waals surface area (Å²) in [4.78, 5) is 13.0. The molecule has 0 aliphatic rings. The van der Waals surface area contributed by atoms with E-state index in [1.807, 2.05) is 39.0 Å². The minimum absolute atomic E-state index is 0.218. The van der Waals surface area contributed by atoms with Crippen molar-refractivity contribution in [1.29, 1.82) is 0 Å². The van der Waals surface area contributed by atoms with Gasteiger partial charge in [0, 0.05) is 11.8 Å². The summed E-state index contributed by atoms with van der Waals surface area (Å²) in [5.74, 6) is 0.333. The van der Waals surface area contributed by atoms with Crippen LogP contribution in [0.15, 0.2) is 42.5 Å². The number of hydrogen-bond donors (Lipinski definition) is 1. The topological polar surface area (TPSA) is 75.7 Å². The number of nitrogens with zero attached hydrogens (tertiary/aromatic N) is 1. The summed E-state index contributed by atoms with van der Waals surface area (Å²) < 4.78 is 31.3. The summed E-state index contributed by atoms with van der Waals surface area (Å²) in [5.41, 5.74) is 3.04. The van der Waals surface area contributed by atoms with Gasteiger partial charge < -0.3 is 10.1 Å². The minimum Gasteiger partial charge on any atom is -0.497 e. The van der Waals surface area contributed by atoms with Gasteiger partial charge in [0.25, 0.3) is 0 Å². The van der Waals surface area contributed by atoms with Gasteiger partial charge in [-0.3, -0.25) is 9.10 Å². The third-order valence-corrected chi connectivity index (χ3v) is 5.81. The predicted molar refractivity (Wildman–Crippen MR) is 114 cm³/mol. The number of rotatable bonds is 7. The Balaban J connectivity index is 2.41. The maximum Gasteiger partial charge on any atom is 0.248 e. The van der Waals surface area contributed by atoms with Crippen molar-refractivity contribution < 1.29 is 17.9 Å². The lowest BCUT2D eigenvalue weighted by atomic mass is 9.98. The van der Waals surface area contributed by atoms with Gasteiger partial charge in [-0.05, 0) is 43.0 Å². The lowest BCUT2D eigenvalue weighted by Crippen LogP contribution is -2.45. The normalized spacial score (nSPS) is 12.5. The van der Waals surface area contributed by atoms with E-state index in [2.05, 4.69) is 5.32 Å². The number of sulfonamides is 1. The predicted octanol–water partition coefficient (Wildman–Crippen LogP) is 3.92. The van der Waals surface area contributed by atoms with E-state index in [1.54, 1.807) is 31.2 Å². The number of carbonyl (C=O) groups excluding carboxylic acids is 1. The first-order valence-corrected chi connectivity index (χ1v) is 10.9. The third kappa shape index (κ3) is 4.84. The van der Waals surface area contributed by atoms with Gasteiger partial charge >= 0.3 is 0 Å². The van der Waals surface area contributed by atoms with Gasteiger partial charge in [-0.15, -0.1) is 0 Å². The number of methoxy groups -OCH3 is 1. The molecule has 1 atom stereocenters. The van der Waals surface area contributed by atoms with Crippen LogP contribution in [-0.2, 0) is 14.8 Å². The molecule has 0 aromatic heterocycles. The summed E-state index contributed by atoms with van der Waals surface area (Å²) >= 11 is 0. The second kappa shape index (κ2) is 8.65. The number of aryl methyl sites for hydroxylation is 1. The third-order valence-electron chi connectivity index (χ3n) is 4.57. The SMILES string of the molecule is COc1cccc(N([C@@H](C)C(=O)Nc2c(C)cccc2C(C)C)S(C)(=O)=O)c1. The van der Waals surface area contributed by atoms with Gasteiger partial charge in [0.05, 0.1) is 19.1 Å². The molecule has 28 heavy (non-hydrogen) atoms. The minimum atomic E-state index is -3.70. The zero-order chi connectivity index (χ0) is 21.1. The van der Waals surface area contributed by atoms with E-state index in [0.717, 1.165) is 27.4 Å². The Labute approximate surface area is 167 Å². The average Bonchev–Trinajstić information content (AvgIpc) is 2.62. The van der Waals surface area contributed by atoms with E-state index >= 15 is 0 Å². The highest BCUT2D eigenvalue weighted by atomic mass is 32.2. The highest BCUT2D eigenvalue weighted by Crippen LogP contribution is 2.29. The van der Waals surface area contributed by atoms with Gasteiger partial charge in [-0.2, -0.15) is 0 Å². The van der Waals surface area contributed by atoms with Crippen molar-refractivity contribution in [1.82, 2.24) is 0 Å². The van der Waals surface area contributed by atoms with Crippen molar-refractivity contribution in [2.24, 2.45) is 0 Å². The fourth-order valence-electron chi connectivity index (χ4n) is 3.13. The molecule has 0 aliphatic heterocycles. The second-order valence-corrected chi connectivity index (χ2v) is 8.98. The van der Waals surface area contributed by atoms with Crippen molar-refractivity contribution in [3.63, 3.8) is 0 Å². The molecule has 2 aromatic rings. The molecule has 0 bridgehead atoms. The molecule has 0 saturated heterocycles. The van der Waals surface area contributed by atoms with Gasteiger partial charge in [0.2, 0.25) is 15.9 Å². The van der Waals surface area contributed by atoms with Crippen LogP contribution in [0.5, 0.6) is 5.75 Å². The first-order valence-electron chi connectivity index (χ1n) is 9.10. The fraction of sp³-hybridized carbons (Fsp3) is 0.381. The van der Waals surface area contributed by atoms with Gasteiger partial charge in [-0.25, -0.2) is 8.42 Å². The van der Waals surface area contributed by atoms with Gasteiger partial charge in [-0.1, -0.05) is 38.1 Å². The lowest BCUT2D eigenvalue weighted by molar-refractivity contribution is -0.116. The molecular weight excluding hydrogens is 376 g/mol. The number of para-hydroxylation sites is 1. The molecule has 6 nitrogen and oxygen atoms in total. The smallest absolute Gasteiger partial charge is 0.248 e. The van der Waals surface area contributed by atoms with E-state index in [4.69, 9.17) is 4.74 Å². The van der Waals surface area contributed by atoms with Crippen LogP contribution in [0.3, 0.4) is 0 Å². The highest BCUT2D eigenvalue weighted by molar-refractivity contribution is 7.92. The van der Waals surface area contributed by atoms with Crippen molar-refractivity contribution in [2.45, 2.75) is 39.7 Å². The molecule has 0 saturated carbocycles. The molecule has 1 amide bonds. The van der Waals surface area contributed by atoms with Crippen LogP contribution in [0, 0.1) is 6.92 Å². The molecule has 0 spiro atoms. The Morgan fingerprint density at radius 2 is 1.75 bits per heavy atom. The number of benzene rings is 2. The Kier molecular flexibility index (Phi) is 6.72. The molecule has 0 fully saturated rings. The monoisotopic (exact) mass is 404 g/mol. The highest BCUT2D eigenvalue weighted by Gasteiger charge is 2.30. The molecule has 7 heteroatoms. The molecule has 0 unspecified atom stereocenters. The molecule has 2 aromatic carbocycles. The van der Waals surface area contributed by atoms with Gasteiger partial charge in [0.15, 0.2) is 0 Å². The van der Waals surface area contributed by atoms with Crippen LogP contribution < -0.4 is 14.4 Å². The first kappa shape index (κ1) is 21.8. The Morgan fingerprint density at radius 3 is 2.32 bits per heavy atom. The summed E-state index contributed by atoms with van der Waals surface area (Å²) in [5, 5.41) is 2.93. The van der Waals surface area contributed by atoms with E-state index in [0.29, 0.717) is 11.4 Å². The zero-order valence-electron chi connectivity index (χ0n) is 17.2. The number of hydrogen-bond acceptors (Lipinski definition) is 4. The van der Waals surface area contributed by atoms with Crippen LogP contribution in [0.2, 0.25) is 0 Å². The maximum atomic E-state index is 13.0. The molecule has 1 N–H and O–H groups in total. The number of amides is 1. The van der Waals surface area contributed by atoms with Crippen molar-refractivity contribution >= 4 is 27.3 Å². The zero-order valence-corrected chi connectivity index (χ0v) is 18.0. The average molecular weight is 405 g/mol. The van der Waals surface area contributed by atoms with Crippen LogP contribution >= 0.6 is 0 Å². The number of nitrogens with one attached hydrogen (secondary N) is 1. The van der Waals surface area contributed by atoms with Crippen LogP contribution in [0.4, 0.5) is 11.4 Å². The summed E-state index contributed by atoms with van der Waals surface area (Å²) in [6.07, 6.45) is 1.09. The Hall–Kier alpha value is -2.54. The standard InChI is InChI=1S/C21H28N2O4S/c1-14(2)19-12-7-9-15(3)20(19)22-21(24)16(4)23(28(6,25)26)17-10-8-11-18(13-17)27-5/h7-14,16H,1-6H3,(H,22,24)/t16-/m0/s1. The Morgan fingerprint density at radius 1 is 1.11 bits per heavy atom. The Bertz CT molecular complexity index is 955. The number of carbonyl (C=O) groups is 1. The second-order valence-electron chi connectivity index (χ2n) is 7.12. The van der Waals surface area contributed by atoms with Gasteiger partial charge in [0.1, 0.15) is 11.8 Å². The lowest BCUT2D eigenvalue weighted by Gasteiger charge is -2.29. The fourth-order valence-corrected chi connectivity index (χ4v) is 4.29. The van der Waals surface area contributed by atoms with E-state index in [9.17, 15) is 13.2 Å². The van der Waals surface area contributed by atoms with E-state index < -0.39 is 22.0 Å². The van der Waals surface area contributed by atoms with Crippen molar-refractivity contribution in [2.75, 3.05) is 23.0 Å². The van der Waals surface area contributed by atoms with E-state index in [-0.39, 0.29) is 5.92 Å². The summed E-state index contributed by atoms with van der Waals surface area (Å²) in [7, 11) is -2.19. The first-order chi connectivity index (χ1) is 13.1. The number of anilines is 2. The van der Waals surface area contributed by atoms with E-state index in [1.165, 1.54) is 7.11 Å².